The first-order chi connectivity index (χ1) is 7.95. The first-order valence-corrected chi connectivity index (χ1v) is 5.94. The van der Waals surface area contributed by atoms with Crippen LogP contribution in [0, 0.1) is 17.8 Å². The van der Waals surface area contributed by atoms with E-state index in [4.69, 9.17) is 11.2 Å². The maximum absolute atomic E-state index is 5.44. The third kappa shape index (κ3) is 8.59. The molecule has 0 aromatic rings. The molecule has 0 aliphatic heterocycles. The van der Waals surface area contributed by atoms with Crippen LogP contribution in [0.25, 0.3) is 0 Å². The summed E-state index contributed by atoms with van der Waals surface area (Å²) < 4.78 is 5.44. The molecule has 1 atom stereocenters. The summed E-state index contributed by atoms with van der Waals surface area (Å²) in [6.45, 7) is 10.3. The number of methoxy groups -OCH3 is 1. The van der Waals surface area contributed by atoms with Crippen molar-refractivity contribution >= 4 is 29.9 Å². The molecule has 0 amide bonds. The van der Waals surface area contributed by atoms with Crippen molar-refractivity contribution in [3.8, 4) is 12.3 Å². The van der Waals surface area contributed by atoms with Gasteiger partial charge in [0, 0.05) is 13.7 Å². The molecule has 0 bridgehead atoms. The van der Waals surface area contributed by atoms with Gasteiger partial charge in [0.2, 0.25) is 0 Å². The summed E-state index contributed by atoms with van der Waals surface area (Å²) in [5.74, 6) is 3.26. The van der Waals surface area contributed by atoms with Gasteiger partial charge in [-0.05, 0) is 12.3 Å². The Morgan fingerprint density at radius 1 is 1.39 bits per heavy atom. The number of hydrogen-bond acceptors (Lipinski definition) is 2. The Labute approximate surface area is 128 Å². The van der Waals surface area contributed by atoms with Gasteiger partial charge in [-0.15, -0.1) is 30.4 Å². The summed E-state index contributed by atoms with van der Waals surface area (Å²) in [7, 11) is 1.72. The molecule has 0 fully saturated rings. The summed E-state index contributed by atoms with van der Waals surface area (Å²) in [5.41, 5.74) is 0.0711. The Bertz CT molecular complexity index is 279. The second-order valence-electron chi connectivity index (χ2n) is 4.87. The summed E-state index contributed by atoms with van der Waals surface area (Å²) in [6, 6.07) is 0. The fourth-order valence-electron chi connectivity index (χ4n) is 1.35. The molecule has 106 valence electrons. The molecule has 18 heavy (non-hydrogen) atoms. The van der Waals surface area contributed by atoms with Crippen LogP contribution in [-0.2, 0) is 4.74 Å². The number of nitrogens with one attached hydrogen (secondary N) is 2. The Balaban J connectivity index is 0. The van der Waals surface area contributed by atoms with E-state index in [1.165, 1.54) is 0 Å². The summed E-state index contributed by atoms with van der Waals surface area (Å²) in [4.78, 5) is 4.46. The number of ether oxygens (including phenoxy) is 1. The average Bonchev–Trinajstić information content (AvgIpc) is 2.24. The average molecular weight is 367 g/mol. The molecule has 1 unspecified atom stereocenters. The largest absolute Gasteiger partial charge is 0.379 e. The first-order valence-electron chi connectivity index (χ1n) is 5.94. The Hall–Kier alpha value is -0.480. The number of hydrogen-bond donors (Lipinski definition) is 2. The van der Waals surface area contributed by atoms with Crippen LogP contribution in [0.5, 0.6) is 0 Å². The highest BCUT2D eigenvalue weighted by atomic mass is 127. The minimum Gasteiger partial charge on any atom is -0.379 e. The second-order valence-corrected chi connectivity index (χ2v) is 4.87. The zero-order valence-electron chi connectivity index (χ0n) is 12.0. The van der Waals surface area contributed by atoms with Gasteiger partial charge in [-0.2, -0.15) is 0 Å². The molecule has 2 N–H and O–H groups in total. The van der Waals surface area contributed by atoms with Gasteiger partial charge in [-0.25, -0.2) is 0 Å². The first kappa shape index (κ1) is 19.9. The summed E-state index contributed by atoms with van der Waals surface area (Å²) >= 11 is 0. The molecule has 0 aliphatic carbocycles. The van der Waals surface area contributed by atoms with E-state index in [1.807, 2.05) is 6.92 Å². The number of guanidine groups is 1. The third-order valence-electron chi connectivity index (χ3n) is 2.37. The van der Waals surface area contributed by atoms with Crippen molar-refractivity contribution in [3.05, 3.63) is 0 Å². The summed E-state index contributed by atoms with van der Waals surface area (Å²) in [5, 5.41) is 6.18. The molecule has 0 saturated carbocycles. The number of rotatable bonds is 5. The smallest absolute Gasteiger partial charge is 0.192 e. The van der Waals surface area contributed by atoms with Crippen LogP contribution >= 0.6 is 24.0 Å². The van der Waals surface area contributed by atoms with Gasteiger partial charge in [0.1, 0.15) is 0 Å². The number of nitrogens with zero attached hydrogens (tertiary/aromatic N) is 1. The quantitative estimate of drug-likeness (QED) is 0.338. The van der Waals surface area contributed by atoms with E-state index in [0.717, 1.165) is 12.5 Å². The van der Waals surface area contributed by atoms with Crippen molar-refractivity contribution in [3.63, 3.8) is 0 Å². The Kier molecular flexibility index (Phi) is 11.5. The van der Waals surface area contributed by atoms with Gasteiger partial charge < -0.3 is 15.4 Å². The van der Waals surface area contributed by atoms with E-state index in [0.29, 0.717) is 13.1 Å². The zero-order valence-corrected chi connectivity index (χ0v) is 14.4. The predicted molar refractivity (Wildman–Crippen MR) is 88.5 cm³/mol. The fourth-order valence-corrected chi connectivity index (χ4v) is 1.35. The van der Waals surface area contributed by atoms with Crippen LogP contribution in [0.2, 0.25) is 0 Å². The van der Waals surface area contributed by atoms with Gasteiger partial charge in [0.05, 0.1) is 19.2 Å². The maximum Gasteiger partial charge on any atom is 0.192 e. The van der Waals surface area contributed by atoms with Crippen LogP contribution in [0.4, 0.5) is 0 Å². The van der Waals surface area contributed by atoms with Gasteiger partial charge in [-0.3, -0.25) is 4.99 Å². The van der Waals surface area contributed by atoms with E-state index in [-0.39, 0.29) is 35.5 Å². The van der Waals surface area contributed by atoms with Crippen molar-refractivity contribution in [2.45, 2.75) is 33.8 Å². The molecule has 5 heteroatoms. The van der Waals surface area contributed by atoms with Crippen molar-refractivity contribution < 1.29 is 4.74 Å². The number of halogens is 1. The molecule has 0 aliphatic rings. The minimum atomic E-state index is 0. The molecular formula is C13H26IN3O. The van der Waals surface area contributed by atoms with Gasteiger partial charge >= 0.3 is 0 Å². The molecule has 0 heterocycles. The van der Waals surface area contributed by atoms with Crippen molar-refractivity contribution in [2.24, 2.45) is 10.4 Å². The molecular weight excluding hydrogens is 341 g/mol. The molecule has 4 nitrogen and oxygen atoms in total. The summed E-state index contributed by atoms with van der Waals surface area (Å²) in [6.07, 6.45) is 5.29. The molecule has 0 rings (SSSR count). The van der Waals surface area contributed by atoms with Crippen LogP contribution in [0.1, 0.15) is 27.7 Å². The number of terminal acetylenes is 1. The predicted octanol–water partition coefficient (Wildman–Crippen LogP) is 1.85. The standard InChI is InChI=1S/C13H25N3O.HI/c1-7-9-15-12(14-8-2)16-10-11(17-6)13(3,4)5;/h1,11H,8-10H2,2-6H3,(H2,14,15,16);1H. The molecule has 0 saturated heterocycles. The number of aliphatic imine (C=N–C) groups is 1. The van der Waals surface area contributed by atoms with Crippen molar-refractivity contribution in [1.82, 2.24) is 10.6 Å². The highest BCUT2D eigenvalue weighted by Gasteiger charge is 2.23. The molecule has 0 spiro atoms. The van der Waals surface area contributed by atoms with Crippen LogP contribution in [0.3, 0.4) is 0 Å². The topological polar surface area (TPSA) is 45.7 Å². The lowest BCUT2D eigenvalue weighted by atomic mass is 9.89. The molecule has 0 radical (unpaired) electrons. The fraction of sp³-hybridized carbons (Fsp3) is 0.769. The normalized spacial score (nSPS) is 13.2. The lowest BCUT2D eigenvalue weighted by molar-refractivity contribution is 0.0241. The van der Waals surface area contributed by atoms with Gasteiger partial charge in [0.15, 0.2) is 5.96 Å². The highest BCUT2D eigenvalue weighted by molar-refractivity contribution is 14.0. The van der Waals surface area contributed by atoms with Crippen molar-refractivity contribution in [2.75, 3.05) is 26.7 Å². The van der Waals surface area contributed by atoms with Crippen LogP contribution in [-0.4, -0.2) is 38.8 Å². The highest BCUT2D eigenvalue weighted by Crippen LogP contribution is 2.21. The zero-order chi connectivity index (χ0) is 13.3. The third-order valence-corrected chi connectivity index (χ3v) is 2.37. The second kappa shape index (κ2) is 10.4. The van der Waals surface area contributed by atoms with E-state index < -0.39 is 0 Å². The molecule has 0 aromatic heterocycles. The SMILES string of the molecule is C#CCNC(=NCC(OC)C(C)(C)C)NCC.I. The monoisotopic (exact) mass is 367 g/mol. The lowest BCUT2D eigenvalue weighted by Gasteiger charge is -2.28. The maximum atomic E-state index is 5.44. The lowest BCUT2D eigenvalue weighted by Crippen LogP contribution is -2.39. The Morgan fingerprint density at radius 2 is 2.00 bits per heavy atom. The van der Waals surface area contributed by atoms with Crippen LogP contribution in [0.15, 0.2) is 4.99 Å². The van der Waals surface area contributed by atoms with E-state index in [9.17, 15) is 0 Å². The van der Waals surface area contributed by atoms with Gasteiger partial charge in [0.25, 0.3) is 0 Å². The van der Waals surface area contributed by atoms with Crippen LogP contribution < -0.4 is 10.6 Å². The molecule has 0 aromatic carbocycles. The Morgan fingerprint density at radius 3 is 2.39 bits per heavy atom. The van der Waals surface area contributed by atoms with E-state index in [2.05, 4.69) is 42.3 Å². The van der Waals surface area contributed by atoms with E-state index >= 15 is 0 Å². The van der Waals surface area contributed by atoms with Crippen molar-refractivity contribution in [1.29, 1.82) is 0 Å². The van der Waals surface area contributed by atoms with E-state index in [1.54, 1.807) is 7.11 Å². The van der Waals surface area contributed by atoms with Gasteiger partial charge in [-0.1, -0.05) is 26.7 Å². The minimum absolute atomic E-state index is 0.